The third kappa shape index (κ3) is 2.58. The van der Waals surface area contributed by atoms with Crippen LogP contribution in [0.5, 0.6) is 0 Å². The fraction of sp³-hybridized carbons (Fsp3) is 0.250. The Morgan fingerprint density at radius 2 is 1.96 bits per heavy atom. The maximum Gasteiger partial charge on any atom is 0.161 e. The summed E-state index contributed by atoms with van der Waals surface area (Å²) in [6.07, 6.45) is 2.36. The first-order chi connectivity index (χ1) is 13.1. The number of nitrogens with zero attached hydrogens (tertiary/aromatic N) is 3. The van der Waals surface area contributed by atoms with Crippen molar-refractivity contribution < 1.29 is 4.74 Å². The molecule has 6 nitrogen and oxygen atoms in total. The van der Waals surface area contributed by atoms with Crippen molar-refractivity contribution in [1.29, 1.82) is 0 Å². The van der Waals surface area contributed by atoms with Gasteiger partial charge in [0.25, 0.3) is 0 Å². The van der Waals surface area contributed by atoms with Gasteiger partial charge in [-0.2, -0.15) is 0 Å². The summed E-state index contributed by atoms with van der Waals surface area (Å²) in [7, 11) is 0. The summed E-state index contributed by atoms with van der Waals surface area (Å²) >= 11 is 1.58. The highest BCUT2D eigenvalue weighted by atomic mass is 32.1. The van der Waals surface area contributed by atoms with Crippen LogP contribution in [-0.2, 0) is 17.8 Å². The first-order valence-corrected chi connectivity index (χ1v) is 9.64. The van der Waals surface area contributed by atoms with Gasteiger partial charge in [0.1, 0.15) is 11.2 Å². The van der Waals surface area contributed by atoms with E-state index in [1.807, 2.05) is 18.2 Å². The Hall–Kier alpha value is -2.61. The van der Waals surface area contributed by atoms with E-state index in [0.29, 0.717) is 12.4 Å². The molecule has 3 N–H and O–H groups in total. The molecule has 7 heteroatoms. The van der Waals surface area contributed by atoms with E-state index in [1.54, 1.807) is 17.7 Å². The zero-order valence-corrected chi connectivity index (χ0v) is 15.9. The molecule has 0 radical (unpaired) electrons. The number of fused-ring (bicyclic) bond motifs is 5. The number of hydrogen-bond donors (Lipinski definition) is 2. The molecule has 1 aliphatic heterocycles. The molecule has 3 aromatic heterocycles. The number of hydrazine groups is 1. The van der Waals surface area contributed by atoms with Gasteiger partial charge in [0, 0.05) is 22.9 Å². The lowest BCUT2D eigenvalue weighted by Gasteiger charge is -2.33. The van der Waals surface area contributed by atoms with Gasteiger partial charge in [-0.1, -0.05) is 30.3 Å². The van der Waals surface area contributed by atoms with E-state index in [-0.39, 0.29) is 5.60 Å². The number of anilines is 1. The average molecular weight is 377 g/mol. The smallest absolute Gasteiger partial charge is 0.161 e. The van der Waals surface area contributed by atoms with Gasteiger partial charge in [-0.3, -0.25) is 0 Å². The predicted octanol–water partition coefficient (Wildman–Crippen LogP) is 4.04. The fourth-order valence-corrected chi connectivity index (χ4v) is 4.86. The van der Waals surface area contributed by atoms with Crippen molar-refractivity contribution in [3.63, 3.8) is 0 Å². The van der Waals surface area contributed by atoms with E-state index >= 15 is 0 Å². The summed E-state index contributed by atoms with van der Waals surface area (Å²) in [6.45, 7) is 4.79. The van der Waals surface area contributed by atoms with E-state index in [0.717, 1.165) is 43.7 Å². The second kappa shape index (κ2) is 5.95. The Morgan fingerprint density at radius 1 is 1.15 bits per heavy atom. The first kappa shape index (κ1) is 16.6. The Labute approximate surface area is 160 Å². The van der Waals surface area contributed by atoms with Gasteiger partial charge in [-0.25, -0.2) is 20.8 Å². The number of nitrogens with two attached hydrogens (primary N) is 1. The van der Waals surface area contributed by atoms with Crippen LogP contribution in [0.15, 0.2) is 36.7 Å². The molecule has 4 heterocycles. The van der Waals surface area contributed by atoms with Gasteiger partial charge in [-0.15, -0.1) is 11.3 Å². The molecule has 0 saturated carbocycles. The Balaban J connectivity index is 1.90. The molecule has 0 saturated heterocycles. The molecule has 0 fully saturated rings. The number of rotatable bonds is 2. The number of benzene rings is 1. The minimum Gasteiger partial charge on any atom is -0.370 e. The van der Waals surface area contributed by atoms with E-state index in [2.05, 4.69) is 41.4 Å². The highest BCUT2D eigenvalue weighted by molar-refractivity contribution is 7.26. The van der Waals surface area contributed by atoms with Gasteiger partial charge in [0.2, 0.25) is 0 Å². The third-order valence-corrected chi connectivity index (χ3v) is 6.09. The van der Waals surface area contributed by atoms with Gasteiger partial charge >= 0.3 is 0 Å². The molecule has 0 amide bonds. The number of ether oxygens (including phenoxy) is 1. The number of nitrogen functional groups attached to an aromatic ring is 1. The first-order valence-electron chi connectivity index (χ1n) is 8.82. The Bertz CT molecular complexity index is 1170. The zero-order valence-electron chi connectivity index (χ0n) is 15.1. The maximum absolute atomic E-state index is 6.13. The van der Waals surface area contributed by atoms with Crippen LogP contribution in [0.1, 0.15) is 25.0 Å². The van der Waals surface area contributed by atoms with Gasteiger partial charge in [0.05, 0.1) is 28.1 Å². The van der Waals surface area contributed by atoms with Crippen LogP contribution in [0, 0.1) is 0 Å². The van der Waals surface area contributed by atoms with E-state index < -0.39 is 0 Å². The van der Waals surface area contributed by atoms with Crippen molar-refractivity contribution in [3.8, 4) is 11.3 Å². The highest BCUT2D eigenvalue weighted by Crippen LogP contribution is 2.43. The minimum absolute atomic E-state index is 0.231. The van der Waals surface area contributed by atoms with Crippen LogP contribution in [0.2, 0.25) is 0 Å². The monoisotopic (exact) mass is 377 g/mol. The molecule has 0 atom stereocenters. The highest BCUT2D eigenvalue weighted by Gasteiger charge is 2.32. The number of hydrogen-bond acceptors (Lipinski definition) is 7. The van der Waals surface area contributed by atoms with Crippen molar-refractivity contribution >= 4 is 37.6 Å². The van der Waals surface area contributed by atoms with Crippen LogP contribution in [-0.4, -0.2) is 20.6 Å². The lowest BCUT2D eigenvalue weighted by Crippen LogP contribution is -2.32. The molecule has 0 unspecified atom stereocenters. The summed E-state index contributed by atoms with van der Waals surface area (Å²) in [5.41, 5.74) is 7.84. The number of pyridine rings is 1. The van der Waals surface area contributed by atoms with Crippen LogP contribution in [0.4, 0.5) is 5.82 Å². The third-order valence-electron chi connectivity index (χ3n) is 5.01. The molecular weight excluding hydrogens is 358 g/mol. The maximum atomic E-state index is 6.13. The van der Waals surface area contributed by atoms with E-state index in [4.69, 9.17) is 15.6 Å². The van der Waals surface area contributed by atoms with Crippen LogP contribution in [0.25, 0.3) is 31.7 Å². The van der Waals surface area contributed by atoms with Crippen molar-refractivity contribution in [2.45, 2.75) is 32.5 Å². The summed E-state index contributed by atoms with van der Waals surface area (Å²) < 4.78 is 7.06. The van der Waals surface area contributed by atoms with Gasteiger partial charge < -0.3 is 10.2 Å². The predicted molar refractivity (Wildman–Crippen MR) is 109 cm³/mol. The molecule has 0 aliphatic carbocycles. The standard InChI is InChI=1S/C20H19N5OS/c1-20(2)8-12-13(9-26-20)15(11-6-4-3-5-7-11)24-19-14(12)16-17(27-19)18(25-21)23-10-22-16/h3-7,10H,8-9,21H2,1-2H3,(H,22,23,25). The number of nitrogens with one attached hydrogen (secondary N) is 1. The summed E-state index contributed by atoms with van der Waals surface area (Å²) in [4.78, 5) is 14.8. The van der Waals surface area contributed by atoms with Gasteiger partial charge in [0.15, 0.2) is 5.82 Å². The minimum atomic E-state index is -0.231. The summed E-state index contributed by atoms with van der Waals surface area (Å²) in [6, 6.07) is 10.3. The molecule has 27 heavy (non-hydrogen) atoms. The lowest BCUT2D eigenvalue weighted by molar-refractivity contribution is -0.0394. The summed E-state index contributed by atoms with van der Waals surface area (Å²) in [5, 5.41) is 1.10. The fourth-order valence-electron chi connectivity index (χ4n) is 3.74. The van der Waals surface area contributed by atoms with Gasteiger partial charge in [-0.05, 0) is 19.4 Å². The number of thiophene rings is 1. The quantitative estimate of drug-likeness (QED) is 0.405. The van der Waals surface area contributed by atoms with Crippen LogP contribution < -0.4 is 11.3 Å². The second-order valence-corrected chi connectivity index (χ2v) is 8.33. The molecular formula is C20H19N5OS. The molecule has 1 aliphatic rings. The molecule has 1 aromatic carbocycles. The topological polar surface area (TPSA) is 86.0 Å². The van der Waals surface area contributed by atoms with Crippen molar-refractivity contribution in [1.82, 2.24) is 15.0 Å². The number of aromatic nitrogens is 3. The van der Waals surface area contributed by atoms with Crippen molar-refractivity contribution in [3.05, 3.63) is 47.8 Å². The van der Waals surface area contributed by atoms with Crippen LogP contribution in [0.3, 0.4) is 0 Å². The van der Waals surface area contributed by atoms with E-state index in [9.17, 15) is 0 Å². The largest absolute Gasteiger partial charge is 0.370 e. The molecule has 136 valence electrons. The van der Waals surface area contributed by atoms with Crippen molar-refractivity contribution in [2.75, 3.05) is 5.43 Å². The molecule has 0 spiro atoms. The molecule has 5 rings (SSSR count). The Morgan fingerprint density at radius 3 is 2.74 bits per heavy atom. The second-order valence-electron chi connectivity index (χ2n) is 7.34. The Kier molecular flexibility index (Phi) is 3.65. The zero-order chi connectivity index (χ0) is 18.6. The van der Waals surface area contributed by atoms with Crippen molar-refractivity contribution in [2.24, 2.45) is 5.84 Å². The molecule has 0 bridgehead atoms. The SMILES string of the molecule is CC1(C)Cc2c(c(-c3ccccc3)nc3sc4c(NN)ncnc4c23)CO1. The molecule has 4 aromatic rings. The average Bonchev–Trinajstić information content (AvgIpc) is 3.06. The normalized spacial score (nSPS) is 15.8. The summed E-state index contributed by atoms with van der Waals surface area (Å²) in [5.74, 6) is 6.29. The van der Waals surface area contributed by atoms with Crippen LogP contribution >= 0.6 is 11.3 Å². The van der Waals surface area contributed by atoms with E-state index in [1.165, 1.54) is 5.56 Å². The lowest BCUT2D eigenvalue weighted by atomic mass is 9.88.